The summed E-state index contributed by atoms with van der Waals surface area (Å²) in [5, 5.41) is 0. The predicted molar refractivity (Wildman–Crippen MR) is 224 cm³/mol. The normalized spacial score (nSPS) is 14.6. The molecule has 1 aliphatic heterocycles. The summed E-state index contributed by atoms with van der Waals surface area (Å²) < 4.78 is 12.9. The van der Waals surface area contributed by atoms with Gasteiger partial charge in [-0.05, 0) is 61.1 Å². The molecule has 0 unspecified atom stereocenters. The van der Waals surface area contributed by atoms with Gasteiger partial charge in [0.1, 0.15) is 13.2 Å². The van der Waals surface area contributed by atoms with Crippen LogP contribution < -0.4 is 9.47 Å². The van der Waals surface area contributed by atoms with Gasteiger partial charge in [0, 0.05) is 32.0 Å². The Labute approximate surface area is 333 Å². The van der Waals surface area contributed by atoms with Gasteiger partial charge in [0.05, 0.1) is 30.7 Å². The highest BCUT2D eigenvalue weighted by Crippen LogP contribution is 2.57. The summed E-state index contributed by atoms with van der Waals surface area (Å²) in [7, 11) is 0. The van der Waals surface area contributed by atoms with Gasteiger partial charge in [-0.1, -0.05) is 101 Å². The van der Waals surface area contributed by atoms with E-state index in [2.05, 4.69) is 26.0 Å². The second kappa shape index (κ2) is 16.2. The van der Waals surface area contributed by atoms with E-state index < -0.39 is 0 Å². The van der Waals surface area contributed by atoms with Crippen LogP contribution >= 0.6 is 34.0 Å². The zero-order valence-corrected chi connectivity index (χ0v) is 33.5. The Kier molecular flexibility index (Phi) is 11.0. The maximum absolute atomic E-state index is 13.4. The number of allylic oxidation sites excluding steroid dienone is 2. The fourth-order valence-corrected chi connectivity index (χ4v) is 11.4. The van der Waals surface area contributed by atoms with Crippen molar-refractivity contribution in [3.8, 4) is 31.0 Å². The van der Waals surface area contributed by atoms with Crippen LogP contribution in [-0.2, 0) is 12.8 Å². The fourth-order valence-electron chi connectivity index (χ4n) is 7.62. The third kappa shape index (κ3) is 7.14. The van der Waals surface area contributed by atoms with Gasteiger partial charge < -0.3 is 9.47 Å². The van der Waals surface area contributed by atoms with Crippen molar-refractivity contribution in [3.63, 3.8) is 0 Å². The Bertz CT molecular complexity index is 2160. The standard InChI is InChI=1S/C46H42O6S3/c1-3-5-7-9-15-27-23-29(25-35-37(47)31-17-11-12-18-32(31)38(35)48)53-43(27)45-41-42(52-22-21-51-41)46(55-45)44-28(16-10-8-6-4-2)24-30(54-44)26-36-39(49)33-19-13-14-20-34(33)40(36)50/h11-14,17-20,23-26H,3-10,15-16,21-22H2,1-2H3. The second-order valence-electron chi connectivity index (χ2n) is 14.3. The Morgan fingerprint density at radius 1 is 0.509 bits per heavy atom. The topological polar surface area (TPSA) is 86.7 Å². The van der Waals surface area contributed by atoms with Crippen molar-refractivity contribution in [2.75, 3.05) is 13.2 Å². The summed E-state index contributed by atoms with van der Waals surface area (Å²) in [6.45, 7) is 5.28. The first kappa shape index (κ1) is 37.2. The number of ether oxygens (including phenoxy) is 2. The average Bonchev–Trinajstić information content (AvgIpc) is 4.00. The molecule has 3 aromatic heterocycles. The van der Waals surface area contributed by atoms with Crippen LogP contribution in [0.2, 0.25) is 0 Å². The molecule has 0 saturated carbocycles. The first-order valence-corrected chi connectivity index (χ1v) is 21.8. The number of Topliss-reactive ketones (excluding diaryl/α,β-unsaturated/α-hetero) is 4. The number of thiophene rings is 3. The molecule has 0 bridgehead atoms. The SMILES string of the molecule is CCCCCCc1cc(C=C2C(=O)c3ccccc3C2=O)sc1-c1sc(-c2sc(C=C3C(=O)c4ccccc4C3=O)cc2CCCCCC)c2c1OCCO2. The van der Waals surface area contributed by atoms with Gasteiger partial charge in [-0.15, -0.1) is 34.0 Å². The van der Waals surface area contributed by atoms with Gasteiger partial charge in [0.2, 0.25) is 0 Å². The van der Waals surface area contributed by atoms with Crippen molar-refractivity contribution in [1.29, 1.82) is 0 Å². The summed E-state index contributed by atoms with van der Waals surface area (Å²) in [6, 6.07) is 18.3. The molecule has 0 N–H and O–H groups in total. The number of aryl methyl sites for hydroxylation is 2. The van der Waals surface area contributed by atoms with E-state index >= 15 is 0 Å². The van der Waals surface area contributed by atoms with Crippen molar-refractivity contribution in [1.82, 2.24) is 0 Å². The molecule has 0 saturated heterocycles. The van der Waals surface area contributed by atoms with E-state index in [4.69, 9.17) is 9.47 Å². The molecule has 2 aliphatic carbocycles. The number of unbranched alkanes of at least 4 members (excludes halogenated alkanes) is 6. The maximum Gasteiger partial charge on any atom is 0.197 e. The molecule has 9 heteroatoms. The van der Waals surface area contributed by atoms with Crippen LogP contribution in [0.4, 0.5) is 0 Å². The molecule has 0 atom stereocenters. The van der Waals surface area contributed by atoms with E-state index in [1.165, 1.54) is 11.1 Å². The first-order chi connectivity index (χ1) is 26.9. The van der Waals surface area contributed by atoms with Crippen molar-refractivity contribution >= 4 is 69.3 Å². The minimum atomic E-state index is -0.229. The van der Waals surface area contributed by atoms with Gasteiger partial charge in [0.25, 0.3) is 0 Å². The smallest absolute Gasteiger partial charge is 0.197 e. The lowest BCUT2D eigenvalue weighted by Gasteiger charge is -2.17. The van der Waals surface area contributed by atoms with Crippen molar-refractivity contribution in [3.05, 3.63) is 115 Å². The zero-order valence-electron chi connectivity index (χ0n) is 31.1. The lowest BCUT2D eigenvalue weighted by atomic mass is 10.0. The van der Waals surface area contributed by atoms with Crippen LogP contribution in [0.15, 0.2) is 71.8 Å². The van der Waals surface area contributed by atoms with Crippen LogP contribution in [0.25, 0.3) is 31.7 Å². The predicted octanol–water partition coefficient (Wildman–Crippen LogP) is 12.1. The molecule has 55 heavy (non-hydrogen) atoms. The summed E-state index contributed by atoms with van der Waals surface area (Å²) in [5.74, 6) is 0.535. The molecule has 8 rings (SSSR count). The van der Waals surface area contributed by atoms with Crippen LogP contribution in [0.1, 0.15) is 128 Å². The Morgan fingerprint density at radius 3 is 1.25 bits per heavy atom. The van der Waals surface area contributed by atoms with Gasteiger partial charge >= 0.3 is 0 Å². The Morgan fingerprint density at radius 2 is 0.891 bits per heavy atom. The lowest BCUT2D eigenvalue weighted by molar-refractivity contribution is 0.0975. The van der Waals surface area contributed by atoms with Gasteiger partial charge in [-0.25, -0.2) is 0 Å². The number of benzene rings is 2. The zero-order chi connectivity index (χ0) is 38.1. The van der Waals surface area contributed by atoms with Gasteiger partial charge in [0.15, 0.2) is 34.6 Å². The molecule has 3 aliphatic rings. The molecule has 280 valence electrons. The molecule has 0 radical (unpaired) electrons. The molecular formula is C46H42O6S3. The third-order valence-electron chi connectivity index (χ3n) is 10.5. The number of hydrogen-bond donors (Lipinski definition) is 0. The van der Waals surface area contributed by atoms with E-state index in [-0.39, 0.29) is 34.3 Å². The number of carbonyl (C=O) groups excluding carboxylic acids is 4. The van der Waals surface area contributed by atoms with Crippen LogP contribution in [-0.4, -0.2) is 36.3 Å². The van der Waals surface area contributed by atoms with E-state index in [9.17, 15) is 19.2 Å². The number of hydrogen-bond acceptors (Lipinski definition) is 9. The van der Waals surface area contributed by atoms with Crippen molar-refractivity contribution in [2.24, 2.45) is 0 Å². The molecule has 4 heterocycles. The van der Waals surface area contributed by atoms with Crippen LogP contribution in [0, 0.1) is 0 Å². The van der Waals surface area contributed by atoms with E-state index in [1.807, 2.05) is 0 Å². The molecule has 0 amide bonds. The quantitative estimate of drug-likeness (QED) is 0.0633. The number of fused-ring (bicyclic) bond motifs is 3. The molecule has 0 fully saturated rings. The minimum absolute atomic E-state index is 0.204. The third-order valence-corrected chi connectivity index (χ3v) is 14.2. The van der Waals surface area contributed by atoms with Crippen molar-refractivity contribution < 1.29 is 28.7 Å². The lowest BCUT2D eigenvalue weighted by Crippen LogP contribution is -2.14. The fraction of sp³-hybridized carbons (Fsp3) is 0.304. The molecule has 6 nitrogen and oxygen atoms in total. The molecule has 5 aromatic rings. The van der Waals surface area contributed by atoms with Crippen molar-refractivity contribution in [2.45, 2.75) is 78.1 Å². The Hall–Kier alpha value is -4.70. The highest BCUT2D eigenvalue weighted by molar-refractivity contribution is 7.27. The van der Waals surface area contributed by atoms with E-state index in [1.54, 1.807) is 94.7 Å². The Balaban J connectivity index is 1.21. The van der Waals surface area contributed by atoms with Gasteiger partial charge in [-0.3, -0.25) is 19.2 Å². The summed E-state index contributed by atoms with van der Waals surface area (Å²) >= 11 is 4.82. The monoisotopic (exact) mass is 786 g/mol. The average molecular weight is 787 g/mol. The van der Waals surface area contributed by atoms with Crippen LogP contribution in [0.5, 0.6) is 11.5 Å². The highest BCUT2D eigenvalue weighted by atomic mass is 32.1. The first-order valence-electron chi connectivity index (χ1n) is 19.4. The van der Waals surface area contributed by atoms with E-state index in [0.717, 1.165) is 105 Å². The summed E-state index contributed by atoms with van der Waals surface area (Å²) in [6.07, 6.45) is 14.2. The summed E-state index contributed by atoms with van der Waals surface area (Å²) in [4.78, 5) is 59.3. The molecular weight excluding hydrogens is 745 g/mol. The van der Waals surface area contributed by atoms with Crippen LogP contribution in [0.3, 0.4) is 0 Å². The molecule has 0 spiro atoms. The number of carbonyl (C=O) groups is 4. The van der Waals surface area contributed by atoms with E-state index in [0.29, 0.717) is 35.5 Å². The minimum Gasteiger partial charge on any atom is -0.485 e. The summed E-state index contributed by atoms with van der Waals surface area (Å²) in [5.41, 5.74) is 4.58. The number of ketones is 4. The maximum atomic E-state index is 13.4. The van der Waals surface area contributed by atoms with Gasteiger partial charge in [-0.2, -0.15) is 0 Å². The number of rotatable bonds is 14. The highest BCUT2D eigenvalue weighted by Gasteiger charge is 2.35. The second-order valence-corrected chi connectivity index (χ2v) is 17.5. The largest absolute Gasteiger partial charge is 0.485 e. The molecule has 2 aromatic carbocycles.